The molecule has 0 N–H and O–H groups in total. The van der Waals surface area contributed by atoms with Crippen LogP contribution in [0.5, 0.6) is 11.5 Å². The van der Waals surface area contributed by atoms with Gasteiger partial charge in [-0.2, -0.15) is 0 Å². The molecule has 11 rings (SSSR count). The quantitative estimate of drug-likeness (QED) is 0.178. The maximum Gasteiger partial charge on any atom is 0.159 e. The van der Waals surface area contributed by atoms with Gasteiger partial charge in [0.2, 0.25) is 0 Å². The smallest absolute Gasteiger partial charge is 0.159 e. The molecule has 0 bridgehead atoms. The van der Waals surface area contributed by atoms with E-state index in [1.165, 1.54) is 38.9 Å². The van der Waals surface area contributed by atoms with Crippen molar-refractivity contribution in [1.29, 1.82) is 0 Å². The van der Waals surface area contributed by atoms with Crippen LogP contribution in [0.15, 0.2) is 192 Å². The summed E-state index contributed by atoms with van der Waals surface area (Å²) in [5.41, 5.74) is 13.8. The first-order valence-corrected chi connectivity index (χ1v) is 19.0. The summed E-state index contributed by atoms with van der Waals surface area (Å²) in [6, 6.07) is 67.8. The standard InChI is InChI=1S/C52H37NO2/c1-51(2)44-26-11-13-29-48(44)54-49-31-30-37(33-45(49)51)53(46-27-15-23-41-40-22-8-12-28-47(40)55-50(41)46)36-19-14-18-35(32-36)52(34-16-4-3-5-17-34)42-24-9-6-20-38(42)39-21-7-10-25-43(39)52/h3-33H,1-2H3. The molecule has 0 fully saturated rings. The van der Waals surface area contributed by atoms with E-state index in [0.717, 1.165) is 56.1 Å². The van der Waals surface area contributed by atoms with Crippen LogP contribution in [0.3, 0.4) is 0 Å². The largest absolute Gasteiger partial charge is 0.457 e. The number of para-hydroxylation sites is 3. The minimum atomic E-state index is -0.531. The number of nitrogens with zero attached hydrogens (tertiary/aromatic N) is 1. The third-order valence-electron chi connectivity index (χ3n) is 12.0. The van der Waals surface area contributed by atoms with Gasteiger partial charge < -0.3 is 14.1 Å². The fourth-order valence-electron chi connectivity index (χ4n) is 9.50. The Hall–Kier alpha value is -6.84. The zero-order valence-corrected chi connectivity index (χ0v) is 30.7. The van der Waals surface area contributed by atoms with Crippen molar-refractivity contribution in [3.8, 4) is 22.6 Å². The molecular weight excluding hydrogens is 671 g/mol. The Morgan fingerprint density at radius 1 is 0.436 bits per heavy atom. The normalized spacial score (nSPS) is 14.4. The Bertz CT molecular complexity index is 2910. The first-order chi connectivity index (χ1) is 27.0. The number of benzene rings is 8. The molecule has 2 aliphatic rings. The number of hydrogen-bond donors (Lipinski definition) is 0. The second-order valence-electron chi connectivity index (χ2n) is 15.2. The van der Waals surface area contributed by atoms with Crippen LogP contribution in [0.2, 0.25) is 0 Å². The molecule has 3 heteroatoms. The van der Waals surface area contributed by atoms with Gasteiger partial charge in [0.1, 0.15) is 17.1 Å². The van der Waals surface area contributed by atoms with Crippen LogP contribution in [-0.4, -0.2) is 0 Å². The fraction of sp³-hybridized carbons (Fsp3) is 0.0769. The zero-order valence-electron chi connectivity index (χ0n) is 30.7. The molecule has 9 aromatic rings. The molecule has 2 heterocycles. The van der Waals surface area contributed by atoms with Gasteiger partial charge in [0.05, 0.1) is 11.1 Å². The van der Waals surface area contributed by atoms with Gasteiger partial charge in [-0.3, -0.25) is 0 Å². The number of furan rings is 1. The third-order valence-corrected chi connectivity index (χ3v) is 12.0. The number of fused-ring (bicyclic) bond motifs is 8. The Balaban J connectivity index is 1.19. The number of anilines is 3. The van der Waals surface area contributed by atoms with Crippen LogP contribution in [-0.2, 0) is 10.8 Å². The third kappa shape index (κ3) is 4.50. The van der Waals surface area contributed by atoms with Crippen LogP contribution in [0.25, 0.3) is 33.1 Å². The van der Waals surface area contributed by atoms with Gasteiger partial charge in [-0.25, -0.2) is 0 Å². The van der Waals surface area contributed by atoms with Gasteiger partial charge >= 0.3 is 0 Å². The molecule has 1 aliphatic carbocycles. The predicted octanol–water partition coefficient (Wildman–Crippen LogP) is 13.9. The molecule has 1 aromatic heterocycles. The monoisotopic (exact) mass is 707 g/mol. The highest BCUT2D eigenvalue weighted by atomic mass is 16.5. The van der Waals surface area contributed by atoms with Crippen LogP contribution in [0.4, 0.5) is 17.1 Å². The van der Waals surface area contributed by atoms with Gasteiger partial charge in [0, 0.05) is 38.7 Å². The molecule has 0 saturated carbocycles. The summed E-state index contributed by atoms with van der Waals surface area (Å²) in [6.45, 7) is 4.58. The summed E-state index contributed by atoms with van der Waals surface area (Å²) in [4.78, 5) is 2.37. The van der Waals surface area contributed by atoms with Crippen molar-refractivity contribution < 1.29 is 9.15 Å². The minimum Gasteiger partial charge on any atom is -0.457 e. The van der Waals surface area contributed by atoms with E-state index in [9.17, 15) is 0 Å². The Morgan fingerprint density at radius 3 is 1.84 bits per heavy atom. The number of hydrogen-bond acceptors (Lipinski definition) is 3. The second kappa shape index (κ2) is 11.8. The van der Waals surface area contributed by atoms with Crippen LogP contribution >= 0.6 is 0 Å². The van der Waals surface area contributed by atoms with E-state index < -0.39 is 5.41 Å². The summed E-state index contributed by atoms with van der Waals surface area (Å²) in [6.07, 6.45) is 0. The second-order valence-corrected chi connectivity index (χ2v) is 15.2. The van der Waals surface area contributed by atoms with E-state index in [-0.39, 0.29) is 5.41 Å². The predicted molar refractivity (Wildman–Crippen MR) is 224 cm³/mol. The van der Waals surface area contributed by atoms with Crippen LogP contribution < -0.4 is 9.64 Å². The molecule has 55 heavy (non-hydrogen) atoms. The van der Waals surface area contributed by atoms with Crippen molar-refractivity contribution in [2.24, 2.45) is 0 Å². The Morgan fingerprint density at radius 2 is 1.04 bits per heavy atom. The van der Waals surface area contributed by atoms with Crippen molar-refractivity contribution in [3.63, 3.8) is 0 Å². The van der Waals surface area contributed by atoms with Gasteiger partial charge in [-0.05, 0) is 81.9 Å². The molecule has 0 atom stereocenters. The highest BCUT2D eigenvalue weighted by Crippen LogP contribution is 2.57. The van der Waals surface area contributed by atoms with Gasteiger partial charge in [0.15, 0.2) is 5.58 Å². The van der Waals surface area contributed by atoms with Crippen LogP contribution in [0, 0.1) is 0 Å². The highest BCUT2D eigenvalue weighted by molar-refractivity contribution is 6.10. The van der Waals surface area contributed by atoms with Gasteiger partial charge in [-0.15, -0.1) is 0 Å². The van der Waals surface area contributed by atoms with Crippen molar-refractivity contribution in [2.75, 3.05) is 4.90 Å². The Kier molecular flexibility index (Phi) is 6.81. The maximum atomic E-state index is 6.75. The van der Waals surface area contributed by atoms with E-state index in [1.807, 2.05) is 12.1 Å². The molecule has 3 nitrogen and oxygen atoms in total. The molecule has 0 saturated heterocycles. The topological polar surface area (TPSA) is 25.6 Å². The van der Waals surface area contributed by atoms with Gasteiger partial charge in [-0.1, -0.05) is 153 Å². The van der Waals surface area contributed by atoms with Gasteiger partial charge in [0.25, 0.3) is 0 Å². The SMILES string of the molecule is CC1(C)c2ccccc2Oc2ccc(N(c3cccc(C4(c5ccccc5)c5ccccc5-c5ccccc54)c3)c3cccc4c3oc3ccccc34)cc21. The lowest BCUT2D eigenvalue weighted by molar-refractivity contribution is 0.418. The molecule has 0 spiro atoms. The lowest BCUT2D eigenvalue weighted by atomic mass is 9.67. The lowest BCUT2D eigenvalue weighted by Gasteiger charge is -2.36. The summed E-state index contributed by atoms with van der Waals surface area (Å²) < 4.78 is 13.3. The Labute approximate surface area is 320 Å². The first kappa shape index (κ1) is 31.7. The molecule has 8 aromatic carbocycles. The zero-order chi connectivity index (χ0) is 36.7. The summed E-state index contributed by atoms with van der Waals surface area (Å²) >= 11 is 0. The van der Waals surface area contributed by atoms with Crippen molar-refractivity contribution >= 4 is 39.0 Å². The van der Waals surface area contributed by atoms with E-state index in [1.54, 1.807) is 0 Å². The van der Waals surface area contributed by atoms with Crippen LogP contribution in [0.1, 0.15) is 47.2 Å². The molecule has 262 valence electrons. The lowest BCUT2D eigenvalue weighted by Crippen LogP contribution is -2.29. The number of ether oxygens (including phenoxy) is 1. The number of rotatable bonds is 5. The molecule has 0 radical (unpaired) electrons. The van der Waals surface area contributed by atoms with Crippen molar-refractivity contribution in [1.82, 2.24) is 0 Å². The van der Waals surface area contributed by atoms with E-state index in [2.05, 4.69) is 195 Å². The van der Waals surface area contributed by atoms with Crippen molar-refractivity contribution in [3.05, 3.63) is 221 Å². The summed E-state index contributed by atoms with van der Waals surface area (Å²) in [5, 5.41) is 2.19. The molecule has 1 aliphatic heterocycles. The van der Waals surface area contributed by atoms with E-state index in [4.69, 9.17) is 9.15 Å². The summed E-state index contributed by atoms with van der Waals surface area (Å²) in [7, 11) is 0. The molecule has 0 unspecified atom stereocenters. The molecular formula is C52H37NO2. The fourth-order valence-corrected chi connectivity index (χ4v) is 9.50. The average molecular weight is 708 g/mol. The highest BCUT2D eigenvalue weighted by Gasteiger charge is 2.46. The summed E-state index contributed by atoms with van der Waals surface area (Å²) in [5.74, 6) is 1.79. The van der Waals surface area contributed by atoms with E-state index in [0.29, 0.717) is 0 Å². The molecule has 0 amide bonds. The first-order valence-electron chi connectivity index (χ1n) is 19.0. The minimum absolute atomic E-state index is 0.284. The van der Waals surface area contributed by atoms with Crippen molar-refractivity contribution in [2.45, 2.75) is 24.7 Å². The maximum absolute atomic E-state index is 6.75. The van der Waals surface area contributed by atoms with E-state index >= 15 is 0 Å². The average Bonchev–Trinajstić information content (AvgIpc) is 3.77.